The molecule has 0 unspecified atom stereocenters. The third kappa shape index (κ3) is 4.95. The van der Waals surface area contributed by atoms with Crippen molar-refractivity contribution < 1.29 is 0 Å². The van der Waals surface area contributed by atoms with Gasteiger partial charge in [0, 0.05) is 24.1 Å². The molecule has 1 aliphatic rings. The standard InChI is InChI=1S/C30H35N5/c1-21-17-22(2)29(23(3)18-21)25-11-13-27(14-12-25)35-20-34(28-10-8-15-31-30(28)35)16-7-5-6-9-26-19-24(4)32-33-26/h8,10-15,17-19H,5-7,9,16,20H2,1-4H3,(H,32,33). The van der Waals surface area contributed by atoms with Gasteiger partial charge in [-0.05, 0) is 99.5 Å². The Kier molecular flexibility index (Phi) is 6.58. The van der Waals surface area contributed by atoms with Gasteiger partial charge in [-0.3, -0.25) is 5.10 Å². The average molecular weight is 466 g/mol. The van der Waals surface area contributed by atoms with Gasteiger partial charge in [0.05, 0.1) is 18.1 Å². The second-order valence-corrected chi connectivity index (χ2v) is 9.85. The van der Waals surface area contributed by atoms with Gasteiger partial charge >= 0.3 is 0 Å². The summed E-state index contributed by atoms with van der Waals surface area (Å²) < 4.78 is 0. The Labute approximate surface area is 208 Å². The molecule has 3 heterocycles. The van der Waals surface area contributed by atoms with Gasteiger partial charge in [0.2, 0.25) is 0 Å². The monoisotopic (exact) mass is 465 g/mol. The van der Waals surface area contributed by atoms with Gasteiger partial charge in [-0.15, -0.1) is 0 Å². The second-order valence-electron chi connectivity index (χ2n) is 9.85. The Hall–Kier alpha value is -3.60. The summed E-state index contributed by atoms with van der Waals surface area (Å²) in [5, 5.41) is 7.39. The SMILES string of the molecule is Cc1cc(C)c(-c2ccc(N3CN(CCCCCc4cc(C)[nH]n4)c4cccnc43)cc2)c(C)c1. The molecule has 0 aliphatic carbocycles. The zero-order valence-electron chi connectivity index (χ0n) is 21.3. The Morgan fingerprint density at radius 3 is 2.37 bits per heavy atom. The first-order valence-corrected chi connectivity index (χ1v) is 12.7. The van der Waals surface area contributed by atoms with Crippen LogP contribution in [-0.2, 0) is 6.42 Å². The molecule has 0 spiro atoms. The number of fused-ring (bicyclic) bond motifs is 1. The smallest absolute Gasteiger partial charge is 0.158 e. The number of aromatic amines is 1. The minimum atomic E-state index is 0.840. The summed E-state index contributed by atoms with van der Waals surface area (Å²) in [6.07, 6.45) is 6.47. The van der Waals surface area contributed by atoms with Crippen LogP contribution in [0.25, 0.3) is 11.1 Å². The van der Waals surface area contributed by atoms with Gasteiger partial charge in [-0.2, -0.15) is 5.10 Å². The van der Waals surface area contributed by atoms with Crippen LogP contribution in [0, 0.1) is 27.7 Å². The van der Waals surface area contributed by atoms with E-state index in [0.29, 0.717) is 0 Å². The molecule has 5 rings (SSSR count). The fraction of sp³-hybridized carbons (Fsp3) is 0.333. The van der Waals surface area contributed by atoms with Gasteiger partial charge in [-0.25, -0.2) is 4.98 Å². The summed E-state index contributed by atoms with van der Waals surface area (Å²) in [7, 11) is 0. The number of hydrogen-bond donors (Lipinski definition) is 1. The lowest BCUT2D eigenvalue weighted by Gasteiger charge is -2.22. The van der Waals surface area contributed by atoms with E-state index >= 15 is 0 Å². The number of rotatable bonds is 8. The summed E-state index contributed by atoms with van der Waals surface area (Å²) in [4.78, 5) is 9.54. The van der Waals surface area contributed by atoms with E-state index in [4.69, 9.17) is 4.98 Å². The maximum atomic E-state index is 4.74. The number of aromatic nitrogens is 3. The molecule has 0 atom stereocenters. The van der Waals surface area contributed by atoms with Crippen molar-refractivity contribution in [3.8, 4) is 11.1 Å². The fourth-order valence-corrected chi connectivity index (χ4v) is 5.38. The molecule has 2 aromatic heterocycles. The molecule has 0 bridgehead atoms. The van der Waals surface area contributed by atoms with Crippen LogP contribution in [0.5, 0.6) is 0 Å². The molecule has 0 fully saturated rings. The molecular weight excluding hydrogens is 430 g/mol. The average Bonchev–Trinajstić information content (AvgIpc) is 3.42. The molecule has 1 N–H and O–H groups in total. The number of anilines is 3. The third-order valence-electron chi connectivity index (χ3n) is 6.94. The topological polar surface area (TPSA) is 48.0 Å². The number of aryl methyl sites for hydroxylation is 5. The first-order chi connectivity index (χ1) is 17.0. The molecule has 35 heavy (non-hydrogen) atoms. The van der Waals surface area contributed by atoms with Gasteiger partial charge in [0.15, 0.2) is 5.82 Å². The van der Waals surface area contributed by atoms with E-state index in [1.54, 1.807) is 0 Å². The predicted octanol–water partition coefficient (Wildman–Crippen LogP) is 7.03. The Balaban J connectivity index is 1.26. The van der Waals surface area contributed by atoms with Crippen molar-refractivity contribution in [3.05, 3.63) is 88.9 Å². The molecule has 1 aliphatic heterocycles. The van der Waals surface area contributed by atoms with E-state index in [2.05, 4.69) is 96.2 Å². The van der Waals surface area contributed by atoms with Crippen molar-refractivity contribution in [1.29, 1.82) is 0 Å². The van der Waals surface area contributed by atoms with E-state index in [9.17, 15) is 0 Å². The molecule has 0 amide bonds. The van der Waals surface area contributed by atoms with E-state index in [1.807, 2.05) is 12.3 Å². The lowest BCUT2D eigenvalue weighted by atomic mass is 9.94. The summed E-state index contributed by atoms with van der Waals surface area (Å²) in [5.74, 6) is 1.05. The van der Waals surface area contributed by atoms with Crippen LogP contribution in [0.4, 0.5) is 17.2 Å². The van der Waals surface area contributed by atoms with Crippen molar-refractivity contribution >= 4 is 17.2 Å². The molecule has 180 valence electrons. The molecule has 0 saturated carbocycles. The van der Waals surface area contributed by atoms with E-state index in [0.717, 1.165) is 37.6 Å². The zero-order valence-corrected chi connectivity index (χ0v) is 21.3. The van der Waals surface area contributed by atoms with Crippen molar-refractivity contribution in [1.82, 2.24) is 15.2 Å². The van der Waals surface area contributed by atoms with E-state index in [1.165, 1.54) is 57.7 Å². The highest BCUT2D eigenvalue weighted by Gasteiger charge is 2.27. The van der Waals surface area contributed by atoms with Crippen molar-refractivity contribution in [2.45, 2.75) is 53.4 Å². The van der Waals surface area contributed by atoms with Gasteiger partial charge in [0.25, 0.3) is 0 Å². The lowest BCUT2D eigenvalue weighted by molar-refractivity contribution is 0.654. The number of nitrogens with one attached hydrogen (secondary N) is 1. The lowest BCUT2D eigenvalue weighted by Crippen LogP contribution is -2.28. The second kappa shape index (κ2) is 9.95. The van der Waals surface area contributed by atoms with Crippen LogP contribution >= 0.6 is 0 Å². The number of nitrogens with zero attached hydrogens (tertiary/aromatic N) is 4. The van der Waals surface area contributed by atoms with Crippen LogP contribution in [-0.4, -0.2) is 28.4 Å². The molecule has 5 nitrogen and oxygen atoms in total. The first kappa shape index (κ1) is 23.2. The van der Waals surface area contributed by atoms with E-state index in [-0.39, 0.29) is 0 Å². The third-order valence-corrected chi connectivity index (χ3v) is 6.94. The summed E-state index contributed by atoms with van der Waals surface area (Å²) in [6, 6.07) is 19.9. The molecule has 4 aromatic rings. The van der Waals surface area contributed by atoms with Crippen molar-refractivity contribution in [2.24, 2.45) is 0 Å². The first-order valence-electron chi connectivity index (χ1n) is 12.7. The zero-order chi connectivity index (χ0) is 24.4. The van der Waals surface area contributed by atoms with E-state index < -0.39 is 0 Å². The quantitative estimate of drug-likeness (QED) is 0.284. The Morgan fingerprint density at radius 1 is 0.886 bits per heavy atom. The minimum absolute atomic E-state index is 0.840. The maximum Gasteiger partial charge on any atom is 0.158 e. The Bertz CT molecular complexity index is 1280. The van der Waals surface area contributed by atoms with Gasteiger partial charge < -0.3 is 9.80 Å². The van der Waals surface area contributed by atoms with Crippen LogP contribution in [0.15, 0.2) is 60.8 Å². The number of pyridine rings is 1. The highest BCUT2D eigenvalue weighted by atomic mass is 15.4. The number of H-pyrrole nitrogens is 1. The normalized spacial score (nSPS) is 12.9. The molecule has 0 radical (unpaired) electrons. The Morgan fingerprint density at radius 2 is 1.66 bits per heavy atom. The van der Waals surface area contributed by atoms with Gasteiger partial charge in [0.1, 0.15) is 0 Å². The maximum absolute atomic E-state index is 4.74. The summed E-state index contributed by atoms with van der Waals surface area (Å²) in [6.45, 7) is 10.5. The van der Waals surface area contributed by atoms with Crippen LogP contribution in [0.1, 0.15) is 47.3 Å². The molecule has 2 aromatic carbocycles. The highest BCUT2D eigenvalue weighted by molar-refractivity contribution is 5.80. The molecule has 0 saturated heterocycles. The number of benzene rings is 2. The molecule has 5 heteroatoms. The van der Waals surface area contributed by atoms with Crippen molar-refractivity contribution in [2.75, 3.05) is 23.0 Å². The largest absolute Gasteiger partial charge is 0.350 e. The van der Waals surface area contributed by atoms with Crippen LogP contribution < -0.4 is 9.80 Å². The number of unbranched alkanes of at least 4 members (excludes halogenated alkanes) is 2. The molecular formula is C30H35N5. The number of hydrogen-bond acceptors (Lipinski definition) is 4. The van der Waals surface area contributed by atoms with Gasteiger partial charge in [-0.1, -0.05) is 36.2 Å². The van der Waals surface area contributed by atoms with Crippen LogP contribution in [0.2, 0.25) is 0 Å². The summed E-state index contributed by atoms with van der Waals surface area (Å²) >= 11 is 0. The highest BCUT2D eigenvalue weighted by Crippen LogP contribution is 2.39. The van der Waals surface area contributed by atoms with Crippen LogP contribution in [0.3, 0.4) is 0 Å². The predicted molar refractivity (Wildman–Crippen MR) is 146 cm³/mol. The van der Waals surface area contributed by atoms with Crippen molar-refractivity contribution in [3.63, 3.8) is 0 Å². The fourth-order valence-electron chi connectivity index (χ4n) is 5.38. The minimum Gasteiger partial charge on any atom is -0.350 e. The summed E-state index contributed by atoms with van der Waals surface area (Å²) in [5.41, 5.74) is 11.3.